The molecule has 1 aliphatic rings. The number of ether oxygens (including phenoxy) is 1. The minimum absolute atomic E-state index is 0.416. The van der Waals surface area contributed by atoms with Crippen LogP contribution in [0.1, 0.15) is 36.3 Å². The summed E-state index contributed by atoms with van der Waals surface area (Å²) in [5.41, 5.74) is 2.13. The molecule has 2 rings (SSSR count). The van der Waals surface area contributed by atoms with Crippen molar-refractivity contribution in [3.8, 4) is 0 Å². The molecule has 1 N–H and O–H groups in total. The molecule has 0 radical (unpaired) electrons. The Morgan fingerprint density at radius 3 is 2.86 bits per heavy atom. The molecular formula is C15H25N3OS2. The highest BCUT2D eigenvalue weighted by Gasteiger charge is 2.28. The number of methoxy groups -OCH3 is 1. The number of nitrogens with zero attached hydrogens (tertiary/aromatic N) is 2. The van der Waals surface area contributed by atoms with Crippen molar-refractivity contribution in [2.45, 2.75) is 43.1 Å². The number of aromatic nitrogens is 2. The van der Waals surface area contributed by atoms with Crippen LogP contribution in [-0.2, 0) is 11.3 Å². The summed E-state index contributed by atoms with van der Waals surface area (Å²) in [5.74, 6) is 2.10. The van der Waals surface area contributed by atoms with Gasteiger partial charge in [0.15, 0.2) is 0 Å². The first-order valence-electron chi connectivity index (χ1n) is 7.41. The van der Waals surface area contributed by atoms with Gasteiger partial charge in [-0.2, -0.15) is 11.8 Å². The van der Waals surface area contributed by atoms with E-state index in [2.05, 4.69) is 37.1 Å². The third-order valence-corrected chi connectivity index (χ3v) is 6.94. The summed E-state index contributed by atoms with van der Waals surface area (Å²) < 4.78 is 5.04. The van der Waals surface area contributed by atoms with Gasteiger partial charge >= 0.3 is 0 Å². The van der Waals surface area contributed by atoms with Crippen LogP contribution < -0.4 is 5.32 Å². The highest BCUT2D eigenvalue weighted by Crippen LogP contribution is 2.43. The van der Waals surface area contributed by atoms with Crippen molar-refractivity contribution < 1.29 is 4.74 Å². The van der Waals surface area contributed by atoms with Crippen molar-refractivity contribution in [3.05, 3.63) is 23.3 Å². The molecule has 21 heavy (non-hydrogen) atoms. The van der Waals surface area contributed by atoms with E-state index in [9.17, 15) is 0 Å². The molecule has 0 spiro atoms. The van der Waals surface area contributed by atoms with Gasteiger partial charge < -0.3 is 10.1 Å². The van der Waals surface area contributed by atoms with Crippen LogP contribution in [-0.4, -0.2) is 46.5 Å². The summed E-state index contributed by atoms with van der Waals surface area (Å²) in [7, 11) is 1.72. The lowest BCUT2D eigenvalue weighted by atomic mass is 10.3. The first-order chi connectivity index (χ1) is 10.1. The van der Waals surface area contributed by atoms with Crippen LogP contribution in [0, 0.1) is 6.92 Å². The maximum Gasteiger partial charge on any atom is 0.142 e. The molecule has 118 valence electrons. The molecule has 2 heterocycles. The molecule has 1 aliphatic heterocycles. The van der Waals surface area contributed by atoms with Crippen LogP contribution in [0.4, 0.5) is 0 Å². The molecule has 3 atom stereocenters. The number of thioether (sulfide) groups is 2. The van der Waals surface area contributed by atoms with Crippen molar-refractivity contribution in [1.82, 2.24) is 15.3 Å². The van der Waals surface area contributed by atoms with Gasteiger partial charge in [0.1, 0.15) is 5.82 Å². The Hall–Kier alpha value is -0.300. The molecular weight excluding hydrogens is 302 g/mol. The second-order valence-electron chi connectivity index (χ2n) is 5.40. The highest BCUT2D eigenvalue weighted by molar-refractivity contribution is 8.07. The maximum absolute atomic E-state index is 5.04. The highest BCUT2D eigenvalue weighted by atomic mass is 32.2. The molecule has 1 aromatic heterocycles. The number of hydrogen-bond acceptors (Lipinski definition) is 6. The van der Waals surface area contributed by atoms with Crippen LogP contribution in [0.15, 0.2) is 6.07 Å². The largest absolute Gasteiger partial charge is 0.383 e. The molecule has 3 unspecified atom stereocenters. The Kier molecular flexibility index (Phi) is 6.79. The Bertz CT molecular complexity index is 459. The van der Waals surface area contributed by atoms with E-state index in [1.807, 2.05) is 23.5 Å². The van der Waals surface area contributed by atoms with Crippen molar-refractivity contribution in [3.63, 3.8) is 0 Å². The molecule has 0 aromatic carbocycles. The molecule has 1 saturated heterocycles. The van der Waals surface area contributed by atoms with Crippen LogP contribution in [0.3, 0.4) is 0 Å². The fourth-order valence-corrected chi connectivity index (χ4v) is 5.05. The van der Waals surface area contributed by atoms with Gasteiger partial charge in [-0.05, 0) is 13.0 Å². The molecule has 0 saturated carbocycles. The quantitative estimate of drug-likeness (QED) is 0.811. The number of hydrogen-bond donors (Lipinski definition) is 1. The van der Waals surface area contributed by atoms with Crippen LogP contribution in [0.5, 0.6) is 0 Å². The van der Waals surface area contributed by atoms with E-state index >= 15 is 0 Å². The van der Waals surface area contributed by atoms with E-state index in [-0.39, 0.29) is 0 Å². The summed E-state index contributed by atoms with van der Waals surface area (Å²) in [6.07, 6.45) is 0. The van der Waals surface area contributed by atoms with Gasteiger partial charge in [-0.3, -0.25) is 0 Å². The average molecular weight is 328 g/mol. The van der Waals surface area contributed by atoms with E-state index in [1.54, 1.807) is 7.11 Å². The van der Waals surface area contributed by atoms with Crippen molar-refractivity contribution in [2.75, 3.05) is 26.0 Å². The van der Waals surface area contributed by atoms with E-state index in [1.165, 1.54) is 0 Å². The predicted octanol–water partition coefficient (Wildman–Crippen LogP) is 2.82. The molecule has 0 aliphatic carbocycles. The first-order valence-corrected chi connectivity index (χ1v) is 9.40. The second kappa shape index (κ2) is 8.36. The lowest BCUT2D eigenvalue weighted by Gasteiger charge is -2.30. The third-order valence-electron chi connectivity index (χ3n) is 3.55. The third kappa shape index (κ3) is 5.13. The van der Waals surface area contributed by atoms with Crippen molar-refractivity contribution in [2.24, 2.45) is 0 Å². The minimum Gasteiger partial charge on any atom is -0.383 e. The van der Waals surface area contributed by atoms with Gasteiger partial charge in [-0.15, -0.1) is 11.8 Å². The second-order valence-corrected chi connectivity index (χ2v) is 8.39. The lowest BCUT2D eigenvalue weighted by Crippen LogP contribution is -2.24. The zero-order chi connectivity index (χ0) is 15.2. The Morgan fingerprint density at radius 2 is 2.14 bits per heavy atom. The van der Waals surface area contributed by atoms with Crippen molar-refractivity contribution in [1.29, 1.82) is 0 Å². The molecule has 0 bridgehead atoms. The normalized spacial score (nSPS) is 26.0. The summed E-state index contributed by atoms with van der Waals surface area (Å²) in [4.78, 5) is 9.43. The number of nitrogens with one attached hydrogen (secondary N) is 1. The standard InChI is InChI=1S/C15H25N3OS2/c1-10-7-13(8-16-5-6-19-4)18-15(17-10)14-9-20-11(2)12(3)21-14/h7,11-12,14,16H,5-6,8-9H2,1-4H3. The van der Waals surface area contributed by atoms with E-state index in [0.29, 0.717) is 15.7 Å². The van der Waals surface area contributed by atoms with Gasteiger partial charge in [-0.25, -0.2) is 9.97 Å². The summed E-state index contributed by atoms with van der Waals surface area (Å²) in [6.45, 7) is 9.00. The fourth-order valence-electron chi connectivity index (χ4n) is 2.20. The molecule has 6 heteroatoms. The van der Waals surface area contributed by atoms with Gasteiger partial charge in [-0.1, -0.05) is 13.8 Å². The van der Waals surface area contributed by atoms with Crippen molar-refractivity contribution >= 4 is 23.5 Å². The topological polar surface area (TPSA) is 47.0 Å². The Balaban J connectivity index is 2.01. The van der Waals surface area contributed by atoms with E-state index in [0.717, 1.165) is 42.7 Å². The maximum atomic E-state index is 5.04. The zero-order valence-corrected chi connectivity index (χ0v) is 14.9. The molecule has 1 fully saturated rings. The van der Waals surface area contributed by atoms with Gasteiger partial charge in [0.2, 0.25) is 0 Å². The summed E-state index contributed by atoms with van der Waals surface area (Å²) in [5, 5.41) is 5.13. The zero-order valence-electron chi connectivity index (χ0n) is 13.3. The average Bonchev–Trinajstić information content (AvgIpc) is 2.46. The molecule has 4 nitrogen and oxygen atoms in total. The summed E-state index contributed by atoms with van der Waals surface area (Å²) >= 11 is 4.04. The SMILES string of the molecule is COCCNCc1cc(C)nc(C2CSC(C)C(C)S2)n1. The monoisotopic (exact) mass is 327 g/mol. The smallest absolute Gasteiger partial charge is 0.142 e. The van der Waals surface area contributed by atoms with Crippen LogP contribution in [0.2, 0.25) is 0 Å². The van der Waals surface area contributed by atoms with E-state index in [4.69, 9.17) is 9.72 Å². The van der Waals surface area contributed by atoms with Gasteiger partial charge in [0.25, 0.3) is 0 Å². The van der Waals surface area contributed by atoms with Gasteiger partial charge in [0, 0.05) is 42.1 Å². The van der Waals surface area contributed by atoms with Crippen LogP contribution >= 0.6 is 23.5 Å². The Labute approximate surface area is 136 Å². The van der Waals surface area contributed by atoms with Gasteiger partial charge in [0.05, 0.1) is 17.6 Å². The minimum atomic E-state index is 0.416. The number of aryl methyl sites for hydroxylation is 1. The van der Waals surface area contributed by atoms with E-state index < -0.39 is 0 Å². The number of rotatable bonds is 6. The Morgan fingerprint density at radius 1 is 1.33 bits per heavy atom. The molecule has 1 aromatic rings. The first kappa shape index (κ1) is 17.1. The predicted molar refractivity (Wildman–Crippen MR) is 92.1 cm³/mol. The fraction of sp³-hybridized carbons (Fsp3) is 0.733. The lowest BCUT2D eigenvalue weighted by molar-refractivity contribution is 0.199. The van der Waals surface area contributed by atoms with Crippen LogP contribution in [0.25, 0.3) is 0 Å². The summed E-state index contributed by atoms with van der Waals surface area (Å²) in [6, 6.07) is 2.07. The molecule has 0 amide bonds.